The van der Waals surface area contributed by atoms with Crippen LogP contribution in [0, 0.1) is 0 Å². The first-order valence-corrected chi connectivity index (χ1v) is 11.8. The molecule has 1 aliphatic heterocycles. The van der Waals surface area contributed by atoms with E-state index < -0.39 is 37.5 Å². The molecule has 0 spiro atoms. The van der Waals surface area contributed by atoms with Crippen LogP contribution in [0.15, 0.2) is 60.7 Å². The summed E-state index contributed by atoms with van der Waals surface area (Å²) in [6, 6.07) is 20.0. The molecule has 0 bridgehead atoms. The zero-order valence-electron chi connectivity index (χ0n) is 18.4. The molecule has 3 rings (SSSR count). The Morgan fingerprint density at radius 1 is 1.13 bits per heavy atom. The van der Waals surface area contributed by atoms with E-state index in [0.717, 1.165) is 0 Å². The van der Waals surface area contributed by atoms with Gasteiger partial charge in [0.1, 0.15) is 11.3 Å². The summed E-state index contributed by atoms with van der Waals surface area (Å²) in [6.07, 6.45) is -0.670. The number of carbonyl (C=O) groups excluding carboxylic acids is 1. The lowest BCUT2D eigenvalue weighted by atomic mass is 10.1. The number of carbonyl (C=O) groups is 1. The van der Waals surface area contributed by atoms with Gasteiger partial charge in [-0.2, -0.15) is 0 Å². The van der Waals surface area contributed by atoms with Gasteiger partial charge >= 0.3 is 6.09 Å². The van der Waals surface area contributed by atoms with E-state index in [4.69, 9.17) is 9.47 Å². The minimum atomic E-state index is -0.837. The maximum Gasteiger partial charge on any atom is 0.412 e. The van der Waals surface area contributed by atoms with Gasteiger partial charge in [-0.15, -0.1) is 0 Å². The van der Waals surface area contributed by atoms with Crippen LogP contribution in [0.4, 0.5) is 4.79 Å². The summed E-state index contributed by atoms with van der Waals surface area (Å²) >= 11 is 0. The van der Waals surface area contributed by atoms with E-state index in [2.05, 4.69) is 24.3 Å². The van der Waals surface area contributed by atoms with Crippen molar-refractivity contribution in [3.63, 3.8) is 0 Å². The minimum absolute atomic E-state index is 0.278. The Morgan fingerprint density at radius 2 is 1.63 bits per heavy atom. The number of hydrogen-bond donors (Lipinski definition) is 1. The van der Waals surface area contributed by atoms with E-state index in [1.54, 1.807) is 4.90 Å². The molecule has 2 atom stereocenters. The molecule has 1 heterocycles. The smallest absolute Gasteiger partial charge is 0.412 e. The second-order valence-electron chi connectivity index (χ2n) is 9.02. The highest BCUT2D eigenvalue weighted by Crippen LogP contribution is 2.38. The van der Waals surface area contributed by atoms with E-state index in [1.165, 1.54) is 10.6 Å². The van der Waals surface area contributed by atoms with Gasteiger partial charge in [-0.1, -0.05) is 60.7 Å². The van der Waals surface area contributed by atoms with Crippen LogP contribution in [-0.2, 0) is 9.47 Å². The first kappa shape index (κ1) is 22.7. The lowest BCUT2D eigenvalue weighted by Gasteiger charge is -2.37. The van der Waals surface area contributed by atoms with Gasteiger partial charge < -0.3 is 14.6 Å². The average Bonchev–Trinajstić information content (AvgIpc) is 3.01. The van der Waals surface area contributed by atoms with Crippen molar-refractivity contribution in [3.05, 3.63) is 60.7 Å². The van der Waals surface area contributed by atoms with Gasteiger partial charge in [-0.3, -0.25) is 4.90 Å². The lowest BCUT2D eigenvalue weighted by molar-refractivity contribution is -0.0669. The van der Waals surface area contributed by atoms with Gasteiger partial charge in [-0.25, -0.2) is 4.79 Å². The van der Waals surface area contributed by atoms with Crippen molar-refractivity contribution in [1.82, 2.24) is 4.90 Å². The van der Waals surface area contributed by atoms with Crippen LogP contribution >= 0.6 is 7.92 Å². The summed E-state index contributed by atoms with van der Waals surface area (Å²) in [5.41, 5.74) is -1.46. The third-order valence-electron chi connectivity index (χ3n) is 5.06. The molecule has 1 fully saturated rings. The molecule has 1 amide bonds. The predicted molar refractivity (Wildman–Crippen MR) is 122 cm³/mol. The number of rotatable bonds is 5. The molecule has 6 heteroatoms. The van der Waals surface area contributed by atoms with Crippen molar-refractivity contribution in [1.29, 1.82) is 0 Å². The third-order valence-corrected chi connectivity index (χ3v) is 7.64. The maximum atomic E-state index is 12.9. The molecule has 0 saturated carbocycles. The summed E-state index contributed by atoms with van der Waals surface area (Å²) in [4.78, 5) is 14.5. The van der Waals surface area contributed by atoms with Crippen LogP contribution in [0.5, 0.6) is 0 Å². The fraction of sp³-hybridized carbons (Fsp3) is 0.458. The van der Waals surface area contributed by atoms with E-state index in [1.807, 2.05) is 71.0 Å². The van der Waals surface area contributed by atoms with Crippen molar-refractivity contribution < 1.29 is 19.4 Å². The Hall–Kier alpha value is -1.94. The Labute approximate surface area is 180 Å². The molecule has 2 aromatic rings. The summed E-state index contributed by atoms with van der Waals surface area (Å²) in [5, 5.41) is 13.7. The molecule has 0 aromatic heterocycles. The van der Waals surface area contributed by atoms with Crippen molar-refractivity contribution >= 4 is 24.6 Å². The molecule has 1 aliphatic rings. The molecule has 1 N–H and O–H groups in total. The van der Waals surface area contributed by atoms with Crippen molar-refractivity contribution in [2.45, 2.75) is 58.1 Å². The first-order valence-electron chi connectivity index (χ1n) is 10.3. The fourth-order valence-corrected chi connectivity index (χ4v) is 6.07. The standard InChI is InChI=1S/C24H32NO4P/c1-23(2,3)29-22(27)25-20(16-28-24(25,4)5)21(26)17-30(18-12-8-6-9-13-18)19-14-10-7-11-15-19/h6-15,20-21,26H,16-17H2,1-5H3/t20-,21+/m0/s1. The van der Waals surface area contributed by atoms with E-state index in [9.17, 15) is 9.90 Å². The highest BCUT2D eigenvalue weighted by molar-refractivity contribution is 7.73. The average molecular weight is 429 g/mol. The molecule has 162 valence electrons. The Balaban J connectivity index is 1.85. The largest absolute Gasteiger partial charge is 0.444 e. The molecule has 2 aromatic carbocycles. The maximum absolute atomic E-state index is 12.9. The highest BCUT2D eigenvalue weighted by Gasteiger charge is 2.48. The van der Waals surface area contributed by atoms with Gasteiger partial charge in [0.15, 0.2) is 0 Å². The summed E-state index contributed by atoms with van der Waals surface area (Å²) < 4.78 is 11.5. The van der Waals surface area contributed by atoms with Crippen LogP contribution in [0.3, 0.4) is 0 Å². The van der Waals surface area contributed by atoms with Gasteiger partial charge in [0.2, 0.25) is 0 Å². The molecule has 5 nitrogen and oxygen atoms in total. The molecule has 30 heavy (non-hydrogen) atoms. The summed E-state index contributed by atoms with van der Waals surface area (Å²) in [6.45, 7) is 9.46. The van der Waals surface area contributed by atoms with E-state index in [-0.39, 0.29) is 6.61 Å². The SMILES string of the molecule is CC(C)(C)OC(=O)N1[C@H]([C@H](O)CP(c2ccccc2)c2ccccc2)COC1(C)C. The van der Waals surface area contributed by atoms with Gasteiger partial charge in [0.25, 0.3) is 0 Å². The van der Waals surface area contributed by atoms with E-state index >= 15 is 0 Å². The number of aliphatic hydroxyl groups excluding tert-OH is 1. The molecular formula is C24H32NO4P. The third kappa shape index (κ3) is 5.40. The molecule has 0 radical (unpaired) electrons. The number of nitrogens with zero attached hydrogens (tertiary/aromatic N) is 1. The zero-order chi connectivity index (χ0) is 21.9. The second kappa shape index (κ2) is 9.05. The normalized spacial score (nSPS) is 19.7. The van der Waals surface area contributed by atoms with Crippen molar-refractivity contribution in [3.8, 4) is 0 Å². The zero-order valence-corrected chi connectivity index (χ0v) is 19.3. The quantitative estimate of drug-likeness (QED) is 0.734. The lowest BCUT2D eigenvalue weighted by Crippen LogP contribution is -2.54. The summed E-state index contributed by atoms with van der Waals surface area (Å²) in [7, 11) is -0.787. The van der Waals surface area contributed by atoms with Gasteiger partial charge in [-0.05, 0) is 53.1 Å². The van der Waals surface area contributed by atoms with Crippen LogP contribution in [0.2, 0.25) is 0 Å². The van der Waals surface area contributed by atoms with Crippen LogP contribution in [-0.4, -0.2) is 52.3 Å². The van der Waals surface area contributed by atoms with Crippen molar-refractivity contribution in [2.24, 2.45) is 0 Å². The number of hydrogen-bond acceptors (Lipinski definition) is 4. The number of amides is 1. The predicted octanol–water partition coefficient (Wildman–Crippen LogP) is 3.85. The van der Waals surface area contributed by atoms with Crippen molar-refractivity contribution in [2.75, 3.05) is 12.8 Å². The number of ether oxygens (including phenoxy) is 2. The second-order valence-corrected chi connectivity index (χ2v) is 11.3. The molecule has 0 unspecified atom stereocenters. The molecule has 1 saturated heterocycles. The Morgan fingerprint density at radius 3 is 2.10 bits per heavy atom. The minimum Gasteiger partial charge on any atom is -0.444 e. The Bertz CT molecular complexity index is 796. The number of benzene rings is 2. The van der Waals surface area contributed by atoms with Gasteiger partial charge in [0.05, 0.1) is 18.8 Å². The monoisotopic (exact) mass is 429 g/mol. The van der Waals surface area contributed by atoms with E-state index in [0.29, 0.717) is 6.16 Å². The summed E-state index contributed by atoms with van der Waals surface area (Å²) in [5.74, 6) is 0. The topological polar surface area (TPSA) is 59.0 Å². The Kier molecular flexibility index (Phi) is 6.86. The number of aliphatic hydroxyl groups is 1. The highest BCUT2D eigenvalue weighted by atomic mass is 31.1. The van der Waals surface area contributed by atoms with Gasteiger partial charge in [0, 0.05) is 6.16 Å². The fourth-order valence-electron chi connectivity index (χ4n) is 3.67. The van der Waals surface area contributed by atoms with Crippen LogP contribution < -0.4 is 10.6 Å². The molecular weight excluding hydrogens is 397 g/mol. The van der Waals surface area contributed by atoms with Crippen LogP contribution in [0.1, 0.15) is 34.6 Å². The van der Waals surface area contributed by atoms with Crippen LogP contribution in [0.25, 0.3) is 0 Å². The first-order chi connectivity index (χ1) is 14.1. The molecule has 0 aliphatic carbocycles.